The average Bonchev–Trinajstić information content (AvgIpc) is 2.32. The fraction of sp³-hybridized carbons (Fsp3) is 1.00. The minimum atomic E-state index is -1.60. The van der Waals surface area contributed by atoms with Crippen molar-refractivity contribution in [3.63, 3.8) is 0 Å². The van der Waals surface area contributed by atoms with Crippen molar-refractivity contribution in [3.8, 4) is 0 Å². The summed E-state index contributed by atoms with van der Waals surface area (Å²) in [5.41, 5.74) is -1.35. The number of rotatable bonds is 2. The lowest BCUT2D eigenvalue weighted by Crippen LogP contribution is -2.53. The van der Waals surface area contributed by atoms with Gasteiger partial charge in [-0.2, -0.15) is 0 Å². The molecule has 1 rings (SSSR count). The largest absolute Gasteiger partial charge is 0.394 e. The van der Waals surface area contributed by atoms with E-state index in [9.17, 15) is 4.39 Å². The van der Waals surface area contributed by atoms with Crippen LogP contribution in [0, 0.1) is 0 Å². The Labute approximate surface area is 63.7 Å². The summed E-state index contributed by atoms with van der Waals surface area (Å²) < 4.78 is 13.0. The highest BCUT2D eigenvalue weighted by atomic mass is 19.1. The number of hydrogen-bond donors (Lipinski definition) is 4. The van der Waals surface area contributed by atoms with Gasteiger partial charge in [0.25, 0.3) is 0 Å². The highest BCUT2D eigenvalue weighted by Crippen LogP contribution is 2.22. The lowest BCUT2D eigenvalue weighted by atomic mass is 9.97. The van der Waals surface area contributed by atoms with Gasteiger partial charge >= 0.3 is 0 Å². The van der Waals surface area contributed by atoms with Crippen molar-refractivity contribution >= 4 is 0 Å². The van der Waals surface area contributed by atoms with Gasteiger partial charge in [-0.25, -0.2) is 4.39 Å². The number of nitrogens with one attached hydrogen (secondary N) is 1. The third-order valence-corrected chi connectivity index (χ3v) is 2.09. The van der Waals surface area contributed by atoms with E-state index in [-0.39, 0.29) is 6.54 Å². The number of alkyl halides is 1. The van der Waals surface area contributed by atoms with Crippen LogP contribution in [0.4, 0.5) is 4.39 Å². The molecule has 0 aromatic carbocycles. The van der Waals surface area contributed by atoms with Crippen LogP contribution in [-0.4, -0.2) is 52.9 Å². The van der Waals surface area contributed by atoms with Gasteiger partial charge in [-0.05, 0) is 0 Å². The minimum Gasteiger partial charge on any atom is -0.394 e. The number of aliphatic hydroxyl groups is 3. The van der Waals surface area contributed by atoms with E-state index in [4.69, 9.17) is 15.3 Å². The van der Waals surface area contributed by atoms with Gasteiger partial charge in [0.1, 0.15) is 6.17 Å². The zero-order chi connectivity index (χ0) is 8.48. The van der Waals surface area contributed by atoms with Crippen molar-refractivity contribution in [1.29, 1.82) is 0 Å². The second-order valence-corrected chi connectivity index (χ2v) is 2.82. The summed E-state index contributed by atoms with van der Waals surface area (Å²) in [7, 11) is 0. The average molecular weight is 165 g/mol. The third-order valence-electron chi connectivity index (χ3n) is 2.09. The first kappa shape index (κ1) is 8.86. The standard InChI is InChI=1S/C6H12FNO3/c7-5-4(11)1-8-6(5,2-9)3-10/h4-5,8-11H,1-3H2/t4-,5+/m0/s1. The van der Waals surface area contributed by atoms with Crippen molar-refractivity contribution in [2.45, 2.75) is 17.8 Å². The molecule has 0 bridgehead atoms. The molecule has 2 atom stereocenters. The number of halogens is 1. The summed E-state index contributed by atoms with van der Waals surface area (Å²) >= 11 is 0. The predicted molar refractivity (Wildman–Crippen MR) is 35.8 cm³/mol. The molecule has 1 heterocycles. The summed E-state index contributed by atoms with van der Waals surface area (Å²) in [6.07, 6.45) is -2.73. The number of hydrogen-bond acceptors (Lipinski definition) is 4. The van der Waals surface area contributed by atoms with Crippen LogP contribution < -0.4 is 5.32 Å². The molecule has 11 heavy (non-hydrogen) atoms. The van der Waals surface area contributed by atoms with Gasteiger partial charge < -0.3 is 20.6 Å². The molecule has 5 heteroatoms. The van der Waals surface area contributed by atoms with E-state index in [1.165, 1.54) is 0 Å². The Morgan fingerprint density at radius 1 is 1.45 bits per heavy atom. The Hall–Kier alpha value is -0.230. The SMILES string of the molecule is OCC1(CO)NC[C@H](O)[C@H]1F. The molecule has 0 aliphatic carbocycles. The third kappa shape index (κ3) is 1.24. The maximum Gasteiger partial charge on any atom is 0.150 e. The first-order chi connectivity index (χ1) is 5.16. The summed E-state index contributed by atoms with van der Waals surface area (Å²) in [4.78, 5) is 0. The van der Waals surface area contributed by atoms with Crippen LogP contribution in [0.3, 0.4) is 0 Å². The molecule has 4 nitrogen and oxygen atoms in total. The Balaban J connectivity index is 2.69. The predicted octanol–water partition coefficient (Wildman–Crippen LogP) is -1.99. The maximum atomic E-state index is 13.0. The van der Waals surface area contributed by atoms with Crippen molar-refractivity contribution in [1.82, 2.24) is 5.32 Å². The quantitative estimate of drug-likeness (QED) is 0.382. The van der Waals surface area contributed by atoms with Crippen LogP contribution in [0.1, 0.15) is 0 Å². The van der Waals surface area contributed by atoms with Crippen LogP contribution >= 0.6 is 0 Å². The lowest BCUT2D eigenvalue weighted by molar-refractivity contribution is 0.0184. The fourth-order valence-electron chi connectivity index (χ4n) is 1.21. The molecule has 0 aromatic rings. The summed E-state index contributed by atoms with van der Waals surface area (Å²) in [5, 5.41) is 28.9. The molecule has 1 saturated heterocycles. The second kappa shape index (κ2) is 3.02. The van der Waals surface area contributed by atoms with Crippen LogP contribution in [0.15, 0.2) is 0 Å². The smallest absolute Gasteiger partial charge is 0.150 e. The van der Waals surface area contributed by atoms with Gasteiger partial charge in [0.2, 0.25) is 0 Å². The Morgan fingerprint density at radius 2 is 2.00 bits per heavy atom. The van der Waals surface area contributed by atoms with Gasteiger partial charge in [-0.15, -0.1) is 0 Å². The molecule has 0 aromatic heterocycles. The molecule has 4 N–H and O–H groups in total. The number of β-amino-alcohol motifs (C(OH)–C–C–N with tert-alkyl or cyclic N) is 1. The first-order valence-corrected chi connectivity index (χ1v) is 3.45. The van der Waals surface area contributed by atoms with Crippen LogP contribution in [0.2, 0.25) is 0 Å². The second-order valence-electron chi connectivity index (χ2n) is 2.82. The molecule has 66 valence electrons. The van der Waals surface area contributed by atoms with E-state index in [0.29, 0.717) is 0 Å². The number of aliphatic hydroxyl groups excluding tert-OH is 3. The van der Waals surface area contributed by atoms with Crippen molar-refractivity contribution in [2.24, 2.45) is 0 Å². The van der Waals surface area contributed by atoms with E-state index >= 15 is 0 Å². The first-order valence-electron chi connectivity index (χ1n) is 3.45. The van der Waals surface area contributed by atoms with Gasteiger partial charge in [0.05, 0.1) is 24.9 Å². The van der Waals surface area contributed by atoms with Gasteiger partial charge in [-0.3, -0.25) is 0 Å². The monoisotopic (exact) mass is 165 g/mol. The molecular formula is C6H12FNO3. The van der Waals surface area contributed by atoms with Gasteiger partial charge in [-0.1, -0.05) is 0 Å². The van der Waals surface area contributed by atoms with E-state index in [1.807, 2.05) is 0 Å². The normalized spacial score (nSPS) is 36.0. The summed E-state index contributed by atoms with van der Waals surface area (Å²) in [5.74, 6) is 0. The summed E-state index contributed by atoms with van der Waals surface area (Å²) in [6, 6.07) is 0. The molecular weight excluding hydrogens is 153 g/mol. The maximum absolute atomic E-state index is 13.0. The topological polar surface area (TPSA) is 72.7 Å². The molecule has 1 aliphatic heterocycles. The van der Waals surface area contributed by atoms with E-state index in [0.717, 1.165) is 0 Å². The van der Waals surface area contributed by atoms with E-state index in [1.54, 1.807) is 0 Å². The van der Waals surface area contributed by atoms with Crippen LogP contribution in [0.25, 0.3) is 0 Å². The van der Waals surface area contributed by atoms with Crippen molar-refractivity contribution in [2.75, 3.05) is 19.8 Å². The van der Waals surface area contributed by atoms with E-state index < -0.39 is 31.0 Å². The summed E-state index contributed by atoms with van der Waals surface area (Å²) in [6.45, 7) is -0.953. The van der Waals surface area contributed by atoms with Crippen LogP contribution in [-0.2, 0) is 0 Å². The molecule has 0 radical (unpaired) electrons. The minimum absolute atomic E-state index is 0.0717. The van der Waals surface area contributed by atoms with Crippen molar-refractivity contribution < 1.29 is 19.7 Å². The van der Waals surface area contributed by atoms with Crippen molar-refractivity contribution in [3.05, 3.63) is 0 Å². The van der Waals surface area contributed by atoms with Crippen LogP contribution in [0.5, 0.6) is 0 Å². The van der Waals surface area contributed by atoms with Gasteiger partial charge in [0, 0.05) is 6.54 Å². The molecule has 0 spiro atoms. The highest BCUT2D eigenvalue weighted by molar-refractivity contribution is 5.04. The Morgan fingerprint density at radius 3 is 2.18 bits per heavy atom. The van der Waals surface area contributed by atoms with E-state index in [2.05, 4.69) is 5.32 Å². The zero-order valence-electron chi connectivity index (χ0n) is 6.00. The Kier molecular flexibility index (Phi) is 2.43. The molecule has 0 saturated carbocycles. The molecule has 0 unspecified atom stereocenters. The lowest BCUT2D eigenvalue weighted by Gasteiger charge is -2.26. The molecule has 1 fully saturated rings. The molecule has 1 aliphatic rings. The van der Waals surface area contributed by atoms with Gasteiger partial charge in [0.15, 0.2) is 0 Å². The fourth-order valence-corrected chi connectivity index (χ4v) is 1.21. The molecule has 0 amide bonds. The Bertz CT molecular complexity index is 140. The zero-order valence-corrected chi connectivity index (χ0v) is 6.00. The highest BCUT2D eigenvalue weighted by Gasteiger charge is 2.47.